The lowest BCUT2D eigenvalue weighted by Crippen LogP contribution is -2.24. The number of nitrogens with one attached hydrogen (secondary N) is 1. The number of rotatable bonds is 7. The number of aromatic nitrogens is 2. The first-order valence-electron chi connectivity index (χ1n) is 7.33. The molecule has 0 aliphatic rings. The van der Waals surface area contributed by atoms with Gasteiger partial charge in [0.25, 0.3) is 5.22 Å². The first-order chi connectivity index (χ1) is 10.1. The lowest BCUT2D eigenvalue weighted by Gasteiger charge is -2.20. The van der Waals surface area contributed by atoms with Crippen LogP contribution in [0, 0.1) is 20.8 Å². The molecular weight excluding hydrogens is 282 g/mol. The van der Waals surface area contributed by atoms with Crippen molar-refractivity contribution in [3.05, 3.63) is 40.8 Å². The second-order valence-corrected chi connectivity index (χ2v) is 6.24. The van der Waals surface area contributed by atoms with Gasteiger partial charge in [-0.2, -0.15) is 0 Å². The molecule has 21 heavy (non-hydrogen) atoms. The third kappa shape index (κ3) is 4.58. The highest BCUT2D eigenvalue weighted by atomic mass is 32.2. The van der Waals surface area contributed by atoms with Crippen LogP contribution < -0.4 is 5.32 Å². The molecule has 1 aromatic heterocycles. The third-order valence-electron chi connectivity index (χ3n) is 3.32. The second-order valence-electron chi connectivity index (χ2n) is 5.26. The van der Waals surface area contributed by atoms with Gasteiger partial charge in [0.15, 0.2) is 0 Å². The van der Waals surface area contributed by atoms with E-state index in [0.717, 1.165) is 18.7 Å². The molecule has 0 radical (unpaired) electrons. The molecule has 0 aliphatic carbocycles. The van der Waals surface area contributed by atoms with Crippen LogP contribution in [0.4, 0.5) is 0 Å². The summed E-state index contributed by atoms with van der Waals surface area (Å²) < 4.78 is 5.44. The molecule has 114 valence electrons. The Labute approximate surface area is 130 Å². The first-order valence-corrected chi connectivity index (χ1v) is 8.32. The van der Waals surface area contributed by atoms with Crippen molar-refractivity contribution in [2.45, 2.75) is 45.4 Å². The Balaban J connectivity index is 2.09. The number of hydrogen-bond donors (Lipinski definition) is 1. The van der Waals surface area contributed by atoms with Gasteiger partial charge in [-0.05, 0) is 37.9 Å². The van der Waals surface area contributed by atoms with Crippen LogP contribution in [0.3, 0.4) is 0 Å². The fourth-order valence-electron chi connectivity index (χ4n) is 2.29. The van der Waals surface area contributed by atoms with Crippen LogP contribution in [0.15, 0.2) is 27.8 Å². The van der Waals surface area contributed by atoms with Gasteiger partial charge in [0.05, 0.1) is 0 Å². The molecule has 1 atom stereocenters. The summed E-state index contributed by atoms with van der Waals surface area (Å²) in [6.45, 7) is 9.29. The SMILES string of the molecule is CCCNC(CSc1nnc(C)o1)c1ccc(C)cc1C. The van der Waals surface area contributed by atoms with Crippen molar-refractivity contribution in [1.29, 1.82) is 0 Å². The summed E-state index contributed by atoms with van der Waals surface area (Å²) in [5, 5.41) is 12.2. The van der Waals surface area contributed by atoms with Crippen molar-refractivity contribution in [1.82, 2.24) is 15.5 Å². The van der Waals surface area contributed by atoms with Crippen molar-refractivity contribution >= 4 is 11.8 Å². The van der Waals surface area contributed by atoms with Crippen molar-refractivity contribution in [3.63, 3.8) is 0 Å². The molecule has 0 saturated carbocycles. The molecule has 1 N–H and O–H groups in total. The lowest BCUT2D eigenvalue weighted by molar-refractivity contribution is 0.428. The Bertz CT molecular complexity index is 583. The topological polar surface area (TPSA) is 51.0 Å². The highest BCUT2D eigenvalue weighted by Gasteiger charge is 2.15. The summed E-state index contributed by atoms with van der Waals surface area (Å²) >= 11 is 1.60. The van der Waals surface area contributed by atoms with Crippen molar-refractivity contribution in [3.8, 4) is 0 Å². The molecule has 0 bridgehead atoms. The van der Waals surface area contributed by atoms with E-state index in [2.05, 4.69) is 54.5 Å². The summed E-state index contributed by atoms with van der Waals surface area (Å²) in [5.41, 5.74) is 3.97. The van der Waals surface area contributed by atoms with Crippen LogP contribution in [0.5, 0.6) is 0 Å². The summed E-state index contributed by atoms with van der Waals surface area (Å²) in [5.74, 6) is 1.49. The van der Waals surface area contributed by atoms with Gasteiger partial charge in [-0.15, -0.1) is 10.2 Å². The molecule has 0 amide bonds. The highest BCUT2D eigenvalue weighted by molar-refractivity contribution is 7.99. The molecule has 0 saturated heterocycles. The average Bonchev–Trinajstić information content (AvgIpc) is 2.86. The smallest absolute Gasteiger partial charge is 0.276 e. The fraction of sp³-hybridized carbons (Fsp3) is 0.500. The first kappa shape index (κ1) is 16.0. The van der Waals surface area contributed by atoms with E-state index in [9.17, 15) is 0 Å². The van der Waals surface area contributed by atoms with E-state index in [0.29, 0.717) is 17.2 Å². The molecule has 4 nitrogen and oxygen atoms in total. The average molecular weight is 305 g/mol. The summed E-state index contributed by atoms with van der Waals surface area (Å²) in [6.07, 6.45) is 1.12. The van der Waals surface area contributed by atoms with Crippen LogP contribution in [0.2, 0.25) is 0 Å². The van der Waals surface area contributed by atoms with Gasteiger partial charge >= 0.3 is 0 Å². The van der Waals surface area contributed by atoms with Gasteiger partial charge in [0.2, 0.25) is 5.89 Å². The minimum absolute atomic E-state index is 0.294. The Hall–Kier alpha value is -1.33. The number of hydrogen-bond acceptors (Lipinski definition) is 5. The van der Waals surface area contributed by atoms with Crippen LogP contribution in [0.25, 0.3) is 0 Å². The fourth-order valence-corrected chi connectivity index (χ4v) is 3.17. The van der Waals surface area contributed by atoms with E-state index in [-0.39, 0.29) is 0 Å². The number of aryl methyl sites for hydroxylation is 3. The van der Waals surface area contributed by atoms with E-state index in [1.54, 1.807) is 11.8 Å². The van der Waals surface area contributed by atoms with E-state index >= 15 is 0 Å². The van der Waals surface area contributed by atoms with Gasteiger partial charge in [-0.3, -0.25) is 0 Å². The zero-order valence-corrected chi connectivity index (χ0v) is 14.0. The van der Waals surface area contributed by atoms with Crippen molar-refractivity contribution in [2.75, 3.05) is 12.3 Å². The third-order valence-corrected chi connectivity index (χ3v) is 4.23. The molecule has 0 aliphatic heterocycles. The lowest BCUT2D eigenvalue weighted by atomic mass is 10.00. The van der Waals surface area contributed by atoms with Gasteiger partial charge in [0, 0.05) is 18.7 Å². The molecule has 1 heterocycles. The summed E-state index contributed by atoms with van der Waals surface area (Å²) in [6, 6.07) is 6.92. The second kappa shape index (κ2) is 7.61. The van der Waals surface area contributed by atoms with Gasteiger partial charge < -0.3 is 9.73 Å². The van der Waals surface area contributed by atoms with Crippen LogP contribution in [-0.2, 0) is 0 Å². The van der Waals surface area contributed by atoms with Crippen molar-refractivity contribution < 1.29 is 4.42 Å². The quantitative estimate of drug-likeness (QED) is 0.788. The Morgan fingerprint density at radius 1 is 1.24 bits per heavy atom. The predicted molar refractivity (Wildman–Crippen MR) is 86.7 cm³/mol. The molecule has 0 spiro atoms. The van der Waals surface area contributed by atoms with Crippen LogP contribution in [-0.4, -0.2) is 22.5 Å². The summed E-state index contributed by atoms with van der Waals surface area (Å²) in [4.78, 5) is 0. The standard InChI is InChI=1S/C16H23N3OS/c1-5-8-17-15(10-21-16-19-18-13(4)20-16)14-7-6-11(2)9-12(14)3/h6-7,9,15,17H,5,8,10H2,1-4H3. The Morgan fingerprint density at radius 2 is 2.05 bits per heavy atom. The van der Waals surface area contributed by atoms with Gasteiger partial charge in [-0.1, -0.05) is 42.4 Å². The molecule has 1 aromatic carbocycles. The molecule has 5 heteroatoms. The monoisotopic (exact) mass is 305 g/mol. The number of benzene rings is 1. The maximum absolute atomic E-state index is 5.44. The molecule has 1 unspecified atom stereocenters. The maximum atomic E-state index is 5.44. The van der Waals surface area contributed by atoms with Gasteiger partial charge in [-0.25, -0.2) is 0 Å². The molecular formula is C16H23N3OS. The van der Waals surface area contributed by atoms with E-state index in [4.69, 9.17) is 4.42 Å². The Kier molecular flexibility index (Phi) is 5.82. The zero-order valence-electron chi connectivity index (χ0n) is 13.1. The molecule has 2 rings (SSSR count). The Morgan fingerprint density at radius 3 is 2.67 bits per heavy atom. The number of thioether (sulfide) groups is 1. The van der Waals surface area contributed by atoms with Crippen LogP contribution in [0.1, 0.15) is 42.0 Å². The number of nitrogens with zero attached hydrogens (tertiary/aromatic N) is 2. The largest absolute Gasteiger partial charge is 0.416 e. The van der Waals surface area contributed by atoms with Crippen molar-refractivity contribution in [2.24, 2.45) is 0 Å². The predicted octanol–water partition coefficient (Wildman–Crippen LogP) is 3.83. The normalized spacial score (nSPS) is 12.6. The van der Waals surface area contributed by atoms with E-state index < -0.39 is 0 Å². The highest BCUT2D eigenvalue weighted by Crippen LogP contribution is 2.26. The van der Waals surface area contributed by atoms with Crippen LogP contribution >= 0.6 is 11.8 Å². The minimum Gasteiger partial charge on any atom is -0.416 e. The van der Waals surface area contributed by atoms with E-state index in [1.165, 1.54) is 16.7 Å². The molecule has 0 fully saturated rings. The molecule has 2 aromatic rings. The van der Waals surface area contributed by atoms with E-state index in [1.807, 2.05) is 6.92 Å². The van der Waals surface area contributed by atoms with Gasteiger partial charge in [0.1, 0.15) is 0 Å². The minimum atomic E-state index is 0.294. The maximum Gasteiger partial charge on any atom is 0.276 e. The zero-order chi connectivity index (χ0) is 15.2. The summed E-state index contributed by atoms with van der Waals surface area (Å²) in [7, 11) is 0.